The topological polar surface area (TPSA) is 64.1 Å². The van der Waals surface area contributed by atoms with Gasteiger partial charge in [-0.1, -0.05) is 32.0 Å². The van der Waals surface area contributed by atoms with Crippen LogP contribution in [0.1, 0.15) is 30.9 Å². The van der Waals surface area contributed by atoms with Crippen LogP contribution in [0, 0.1) is 0 Å². The molecule has 0 atom stereocenters. The molecule has 0 saturated carbocycles. The zero-order chi connectivity index (χ0) is 19.1. The first-order valence-corrected chi connectivity index (χ1v) is 8.97. The molecule has 5 nitrogen and oxygen atoms in total. The number of carbonyl (C=O) groups is 1. The normalized spacial score (nSPS) is 10.6. The SMILES string of the molecule is CC(C)c1ccc(OCC(=O)NCc2cccnc2-c2cccnc2)cc1. The maximum Gasteiger partial charge on any atom is 0.258 e. The number of aromatic nitrogens is 2. The fourth-order valence-electron chi connectivity index (χ4n) is 2.69. The quantitative estimate of drug-likeness (QED) is 0.692. The molecule has 2 heterocycles. The molecule has 1 aromatic carbocycles. The fourth-order valence-corrected chi connectivity index (χ4v) is 2.69. The second-order valence-electron chi connectivity index (χ2n) is 6.54. The summed E-state index contributed by atoms with van der Waals surface area (Å²) in [5, 5.41) is 2.88. The number of carbonyl (C=O) groups excluding carboxylic acids is 1. The van der Waals surface area contributed by atoms with E-state index >= 15 is 0 Å². The Balaban J connectivity index is 1.55. The number of benzene rings is 1. The second kappa shape index (κ2) is 8.94. The van der Waals surface area contributed by atoms with Gasteiger partial charge in [0.15, 0.2) is 6.61 Å². The highest BCUT2D eigenvalue weighted by Gasteiger charge is 2.09. The van der Waals surface area contributed by atoms with E-state index in [1.165, 1.54) is 5.56 Å². The van der Waals surface area contributed by atoms with Gasteiger partial charge in [-0.05, 0) is 47.4 Å². The van der Waals surface area contributed by atoms with E-state index in [1.807, 2.05) is 48.5 Å². The Labute approximate surface area is 159 Å². The van der Waals surface area contributed by atoms with E-state index in [9.17, 15) is 4.79 Å². The highest BCUT2D eigenvalue weighted by Crippen LogP contribution is 2.20. The standard InChI is InChI=1S/C22H23N3O2/c1-16(2)17-7-9-20(10-8-17)27-15-21(26)25-14-19-6-4-12-24-22(19)18-5-3-11-23-13-18/h3-13,16H,14-15H2,1-2H3,(H,25,26). The summed E-state index contributed by atoms with van der Waals surface area (Å²) >= 11 is 0. The number of rotatable bonds is 7. The van der Waals surface area contributed by atoms with Gasteiger partial charge in [0.2, 0.25) is 0 Å². The number of amides is 1. The third-order valence-electron chi connectivity index (χ3n) is 4.22. The molecule has 2 aromatic heterocycles. The van der Waals surface area contributed by atoms with Crippen molar-refractivity contribution in [3.05, 3.63) is 78.2 Å². The van der Waals surface area contributed by atoms with Crippen LogP contribution >= 0.6 is 0 Å². The van der Waals surface area contributed by atoms with Crippen LogP contribution in [-0.2, 0) is 11.3 Å². The van der Waals surface area contributed by atoms with Crippen LogP contribution in [0.2, 0.25) is 0 Å². The van der Waals surface area contributed by atoms with Crippen molar-refractivity contribution in [3.8, 4) is 17.0 Å². The minimum Gasteiger partial charge on any atom is -0.484 e. The van der Waals surface area contributed by atoms with Crippen molar-refractivity contribution in [1.82, 2.24) is 15.3 Å². The molecule has 0 aliphatic heterocycles. The third kappa shape index (κ3) is 5.14. The van der Waals surface area contributed by atoms with Gasteiger partial charge in [0, 0.05) is 30.7 Å². The summed E-state index contributed by atoms with van der Waals surface area (Å²) in [6.07, 6.45) is 5.22. The molecule has 5 heteroatoms. The summed E-state index contributed by atoms with van der Waals surface area (Å²) in [5.74, 6) is 0.978. The van der Waals surface area contributed by atoms with Crippen molar-refractivity contribution < 1.29 is 9.53 Å². The molecule has 0 radical (unpaired) electrons. The monoisotopic (exact) mass is 361 g/mol. The Morgan fingerprint density at radius 3 is 2.56 bits per heavy atom. The van der Waals surface area contributed by atoms with Gasteiger partial charge in [-0.25, -0.2) is 0 Å². The number of nitrogens with one attached hydrogen (secondary N) is 1. The van der Waals surface area contributed by atoms with Crippen LogP contribution in [-0.4, -0.2) is 22.5 Å². The molecule has 27 heavy (non-hydrogen) atoms. The van der Waals surface area contributed by atoms with Crippen molar-refractivity contribution >= 4 is 5.91 Å². The summed E-state index contributed by atoms with van der Waals surface area (Å²) in [6.45, 7) is 4.64. The van der Waals surface area contributed by atoms with E-state index in [-0.39, 0.29) is 12.5 Å². The Morgan fingerprint density at radius 1 is 1.07 bits per heavy atom. The highest BCUT2D eigenvalue weighted by atomic mass is 16.5. The molecule has 0 unspecified atom stereocenters. The average molecular weight is 361 g/mol. The van der Waals surface area contributed by atoms with E-state index in [0.717, 1.165) is 16.8 Å². The van der Waals surface area contributed by atoms with Gasteiger partial charge in [0.05, 0.1) is 5.69 Å². The number of pyridine rings is 2. The molecular formula is C22H23N3O2. The molecular weight excluding hydrogens is 338 g/mol. The fraction of sp³-hybridized carbons (Fsp3) is 0.227. The molecule has 0 aliphatic carbocycles. The molecule has 0 spiro atoms. The Hall–Kier alpha value is -3.21. The van der Waals surface area contributed by atoms with Crippen molar-refractivity contribution in [2.45, 2.75) is 26.3 Å². The summed E-state index contributed by atoms with van der Waals surface area (Å²) in [7, 11) is 0. The largest absolute Gasteiger partial charge is 0.484 e. The van der Waals surface area contributed by atoms with Crippen LogP contribution < -0.4 is 10.1 Å². The van der Waals surface area contributed by atoms with Crippen molar-refractivity contribution in [1.29, 1.82) is 0 Å². The van der Waals surface area contributed by atoms with Gasteiger partial charge >= 0.3 is 0 Å². The first-order chi connectivity index (χ1) is 13.1. The maximum absolute atomic E-state index is 12.1. The van der Waals surface area contributed by atoms with Crippen LogP contribution in [0.25, 0.3) is 11.3 Å². The predicted molar refractivity (Wildman–Crippen MR) is 105 cm³/mol. The molecule has 0 saturated heterocycles. The summed E-state index contributed by atoms with van der Waals surface area (Å²) in [6, 6.07) is 15.4. The lowest BCUT2D eigenvalue weighted by Crippen LogP contribution is -2.28. The number of hydrogen-bond donors (Lipinski definition) is 1. The van der Waals surface area contributed by atoms with Crippen LogP contribution in [0.15, 0.2) is 67.1 Å². The van der Waals surface area contributed by atoms with Crippen LogP contribution in [0.3, 0.4) is 0 Å². The van der Waals surface area contributed by atoms with Gasteiger partial charge < -0.3 is 10.1 Å². The lowest BCUT2D eigenvalue weighted by Gasteiger charge is -2.11. The number of ether oxygens (including phenoxy) is 1. The van der Waals surface area contributed by atoms with Gasteiger partial charge in [-0.15, -0.1) is 0 Å². The Morgan fingerprint density at radius 2 is 1.85 bits per heavy atom. The maximum atomic E-state index is 12.1. The van der Waals surface area contributed by atoms with Crippen molar-refractivity contribution in [2.75, 3.05) is 6.61 Å². The van der Waals surface area contributed by atoms with Crippen molar-refractivity contribution in [3.63, 3.8) is 0 Å². The summed E-state index contributed by atoms with van der Waals surface area (Å²) in [5.41, 5.74) is 3.91. The molecule has 138 valence electrons. The molecule has 1 N–H and O–H groups in total. The van der Waals surface area contributed by atoms with Gasteiger partial charge in [-0.2, -0.15) is 0 Å². The smallest absolute Gasteiger partial charge is 0.258 e. The van der Waals surface area contributed by atoms with Crippen molar-refractivity contribution in [2.24, 2.45) is 0 Å². The number of hydrogen-bond acceptors (Lipinski definition) is 4. The van der Waals surface area contributed by atoms with E-state index in [0.29, 0.717) is 18.2 Å². The highest BCUT2D eigenvalue weighted by molar-refractivity contribution is 5.77. The van der Waals surface area contributed by atoms with E-state index in [1.54, 1.807) is 18.6 Å². The molecule has 1 amide bonds. The zero-order valence-corrected chi connectivity index (χ0v) is 15.6. The predicted octanol–water partition coefficient (Wildman–Crippen LogP) is 3.96. The second-order valence-corrected chi connectivity index (χ2v) is 6.54. The Bertz CT molecular complexity index is 878. The van der Waals surface area contributed by atoms with Gasteiger partial charge in [-0.3, -0.25) is 14.8 Å². The molecule has 0 bridgehead atoms. The first-order valence-electron chi connectivity index (χ1n) is 8.97. The molecule has 0 aliphatic rings. The minimum atomic E-state index is -0.177. The van der Waals surface area contributed by atoms with E-state index in [4.69, 9.17) is 4.74 Å². The van der Waals surface area contributed by atoms with E-state index < -0.39 is 0 Å². The van der Waals surface area contributed by atoms with Gasteiger partial charge in [0.1, 0.15) is 5.75 Å². The van der Waals surface area contributed by atoms with Crippen LogP contribution in [0.4, 0.5) is 0 Å². The summed E-state index contributed by atoms with van der Waals surface area (Å²) < 4.78 is 5.57. The first kappa shape index (κ1) is 18.6. The van der Waals surface area contributed by atoms with Gasteiger partial charge in [0.25, 0.3) is 5.91 Å². The summed E-state index contributed by atoms with van der Waals surface area (Å²) in [4.78, 5) is 20.7. The molecule has 3 rings (SSSR count). The van der Waals surface area contributed by atoms with E-state index in [2.05, 4.69) is 29.1 Å². The third-order valence-corrected chi connectivity index (χ3v) is 4.22. The zero-order valence-electron chi connectivity index (χ0n) is 15.6. The molecule has 3 aromatic rings. The van der Waals surface area contributed by atoms with Crippen LogP contribution in [0.5, 0.6) is 5.75 Å². The Kier molecular flexibility index (Phi) is 6.15. The lowest BCUT2D eigenvalue weighted by molar-refractivity contribution is -0.123. The lowest BCUT2D eigenvalue weighted by atomic mass is 10.0. The minimum absolute atomic E-state index is 0.0243. The molecule has 0 fully saturated rings. The number of nitrogens with zero attached hydrogens (tertiary/aromatic N) is 2. The average Bonchev–Trinajstić information content (AvgIpc) is 2.72.